The van der Waals surface area contributed by atoms with Crippen LogP contribution in [-0.2, 0) is 14.4 Å². The smallest absolute Gasteiger partial charge is 0.238 e. The third kappa shape index (κ3) is 5.25. The maximum atomic E-state index is 15.0. The number of benzene rings is 1. The van der Waals surface area contributed by atoms with Crippen molar-refractivity contribution in [1.82, 2.24) is 15.0 Å². The van der Waals surface area contributed by atoms with Crippen LogP contribution >= 0.6 is 0 Å². The minimum absolute atomic E-state index is 0.0379. The lowest BCUT2D eigenvalue weighted by Crippen LogP contribution is -2.28. The number of methoxy groups -OCH3 is 1. The highest BCUT2D eigenvalue weighted by Gasteiger charge is 2.23. The summed E-state index contributed by atoms with van der Waals surface area (Å²) in [4.78, 5) is 12.8. The molecule has 4 rings (SSSR count). The molecule has 0 amide bonds. The molecule has 1 unspecified atom stereocenters. The largest absolute Gasteiger partial charge is 0.473 e. The fourth-order valence-corrected chi connectivity index (χ4v) is 4.41. The lowest BCUT2D eigenvalue weighted by molar-refractivity contribution is 0.0317. The summed E-state index contributed by atoms with van der Waals surface area (Å²) in [6.45, 7) is 0. The van der Waals surface area contributed by atoms with Crippen LogP contribution in [0.5, 0.6) is 5.88 Å². The van der Waals surface area contributed by atoms with Crippen molar-refractivity contribution in [2.75, 3.05) is 23.4 Å². The zero-order valence-corrected chi connectivity index (χ0v) is 18.8. The third-order valence-electron chi connectivity index (χ3n) is 5.28. The van der Waals surface area contributed by atoms with Crippen molar-refractivity contribution in [1.29, 1.82) is 0 Å². The zero-order chi connectivity index (χ0) is 22.7. The molecule has 1 aliphatic carbocycles. The van der Waals surface area contributed by atoms with Crippen LogP contribution in [0.25, 0.3) is 10.9 Å². The minimum Gasteiger partial charge on any atom is -0.473 e. The van der Waals surface area contributed by atoms with Gasteiger partial charge in [0.25, 0.3) is 0 Å². The van der Waals surface area contributed by atoms with Gasteiger partial charge in [-0.1, -0.05) is 0 Å². The molecule has 2 N–H and O–H groups in total. The number of fused-ring (bicyclic) bond motifs is 1. The number of nitrogens with zero attached hydrogens (tertiary/aromatic N) is 3. The van der Waals surface area contributed by atoms with Crippen LogP contribution in [0, 0.1) is 5.82 Å². The molecule has 10 heteroatoms. The van der Waals surface area contributed by atoms with Crippen LogP contribution in [-0.4, -0.2) is 50.6 Å². The molecule has 1 fully saturated rings. The molecule has 1 atom stereocenters. The first-order valence-corrected chi connectivity index (χ1v) is 12.4. The highest BCUT2D eigenvalue weighted by Crippen LogP contribution is 2.33. The maximum Gasteiger partial charge on any atom is 0.238 e. The number of ether oxygens (including phenoxy) is 2. The van der Waals surface area contributed by atoms with Crippen LogP contribution in [0.1, 0.15) is 25.7 Å². The van der Waals surface area contributed by atoms with Gasteiger partial charge in [0.2, 0.25) is 5.88 Å². The van der Waals surface area contributed by atoms with Gasteiger partial charge in [-0.2, -0.15) is 0 Å². The van der Waals surface area contributed by atoms with Crippen molar-refractivity contribution in [2.45, 2.75) is 37.9 Å². The van der Waals surface area contributed by atoms with Crippen LogP contribution < -0.4 is 14.8 Å². The lowest BCUT2D eigenvalue weighted by Gasteiger charge is -2.28. The Morgan fingerprint density at radius 1 is 1.16 bits per heavy atom. The van der Waals surface area contributed by atoms with E-state index in [-0.39, 0.29) is 23.4 Å². The molecule has 32 heavy (non-hydrogen) atoms. The zero-order valence-electron chi connectivity index (χ0n) is 18.0. The molecule has 0 spiro atoms. The summed E-state index contributed by atoms with van der Waals surface area (Å²) in [5.41, 5.74) is 1.27. The topological polar surface area (TPSA) is 98.3 Å². The van der Waals surface area contributed by atoms with Crippen LogP contribution in [0.3, 0.4) is 0 Å². The predicted octanol–water partition coefficient (Wildman–Crippen LogP) is 3.92. The van der Waals surface area contributed by atoms with Crippen molar-refractivity contribution in [3.05, 3.63) is 42.6 Å². The Hall–Kier alpha value is -2.98. The molecule has 1 aromatic carbocycles. The Morgan fingerprint density at radius 3 is 2.62 bits per heavy atom. The van der Waals surface area contributed by atoms with E-state index in [2.05, 4.69) is 30.9 Å². The molecule has 8 nitrogen and oxygen atoms in total. The van der Waals surface area contributed by atoms with Gasteiger partial charge in [0.1, 0.15) is 29.8 Å². The van der Waals surface area contributed by atoms with Crippen molar-refractivity contribution in [2.24, 2.45) is 0 Å². The summed E-state index contributed by atoms with van der Waals surface area (Å²) in [5, 5.41) is 3.35. The number of hydrogen-bond donors (Lipinski definition) is 2. The van der Waals surface area contributed by atoms with E-state index >= 15 is 0 Å². The second-order valence-electron chi connectivity index (χ2n) is 7.91. The van der Waals surface area contributed by atoms with Crippen LogP contribution in [0.15, 0.2) is 36.8 Å². The minimum atomic E-state index is -2.55. The number of hydrogen-bond acceptors (Lipinski definition) is 7. The Labute approximate surface area is 186 Å². The highest BCUT2D eigenvalue weighted by molar-refractivity contribution is 8.00. The van der Waals surface area contributed by atoms with E-state index in [1.807, 2.05) is 0 Å². The molecule has 0 saturated heterocycles. The van der Waals surface area contributed by atoms with E-state index in [1.54, 1.807) is 31.5 Å². The third-order valence-corrected chi connectivity index (χ3v) is 5.95. The van der Waals surface area contributed by atoms with Gasteiger partial charge < -0.3 is 19.5 Å². The van der Waals surface area contributed by atoms with Gasteiger partial charge >= 0.3 is 0 Å². The Kier molecular flexibility index (Phi) is 6.43. The summed E-state index contributed by atoms with van der Waals surface area (Å²) < 4.78 is 41.2. The molecular formula is C22H26FN5O3S. The molecular weight excluding hydrogens is 433 g/mol. The van der Waals surface area contributed by atoms with Gasteiger partial charge in [0, 0.05) is 29.3 Å². The second kappa shape index (κ2) is 9.25. The number of rotatable bonds is 7. The van der Waals surface area contributed by atoms with Crippen molar-refractivity contribution < 1.29 is 18.1 Å². The van der Waals surface area contributed by atoms with Gasteiger partial charge in [0.05, 0.1) is 22.7 Å². The van der Waals surface area contributed by atoms with Crippen molar-refractivity contribution >= 4 is 43.7 Å². The van der Waals surface area contributed by atoms with E-state index in [9.17, 15) is 8.60 Å². The summed E-state index contributed by atoms with van der Waals surface area (Å²) in [6.07, 6.45) is 8.37. The molecule has 0 radical (unpaired) electrons. The fourth-order valence-electron chi connectivity index (χ4n) is 3.80. The molecule has 3 aromatic rings. The quantitative estimate of drug-likeness (QED) is 0.517. The van der Waals surface area contributed by atoms with E-state index in [1.165, 1.54) is 18.6 Å². The molecule has 170 valence electrons. The fraction of sp³-hybridized carbons (Fsp3) is 0.364. The normalized spacial score (nSPS) is 20.5. The Morgan fingerprint density at radius 2 is 1.91 bits per heavy atom. The monoisotopic (exact) mass is 459 g/mol. The van der Waals surface area contributed by atoms with Crippen LogP contribution in [0.2, 0.25) is 0 Å². The maximum absolute atomic E-state index is 15.0. The summed E-state index contributed by atoms with van der Waals surface area (Å²) in [5.74, 6) is 3.70. The number of aromatic nitrogens is 3. The summed E-state index contributed by atoms with van der Waals surface area (Å²) in [7, 11) is -0.822. The van der Waals surface area contributed by atoms with Gasteiger partial charge in [-0.15, -0.1) is 0 Å². The van der Waals surface area contributed by atoms with Gasteiger partial charge in [-0.25, -0.2) is 23.6 Å². The Balaban J connectivity index is 1.60. The first-order valence-electron chi connectivity index (χ1n) is 10.3. The molecule has 1 saturated carbocycles. The van der Waals surface area contributed by atoms with Crippen molar-refractivity contribution in [3.63, 3.8) is 0 Å². The van der Waals surface area contributed by atoms with Crippen LogP contribution in [0.4, 0.5) is 21.6 Å². The highest BCUT2D eigenvalue weighted by atomic mass is 32.2. The first kappa shape index (κ1) is 22.2. The average molecular weight is 460 g/mol. The van der Waals surface area contributed by atoms with E-state index < -0.39 is 15.5 Å². The van der Waals surface area contributed by atoms with Crippen molar-refractivity contribution in [3.8, 4) is 5.88 Å². The van der Waals surface area contributed by atoms with Gasteiger partial charge in [-0.3, -0.25) is 0 Å². The van der Waals surface area contributed by atoms with E-state index in [0.717, 1.165) is 25.7 Å². The Bertz CT molecular complexity index is 1210. The van der Waals surface area contributed by atoms with Gasteiger partial charge in [0.15, 0.2) is 0 Å². The number of halogens is 1. The predicted molar refractivity (Wildman–Crippen MR) is 126 cm³/mol. The summed E-state index contributed by atoms with van der Waals surface area (Å²) >= 11 is 0. The number of anilines is 3. The number of nitrogens with one attached hydrogen (secondary N) is 2. The number of pyridine rings is 1. The molecule has 2 aromatic heterocycles. The first-order chi connectivity index (χ1) is 15.3. The standard InChI is InChI=1S/C22H26FN5O3S/c1-30-15-6-8-16(9-7-15)31-22-18(5-4-10-24-22)27-21-20-17(23)11-14(28-32(2,3)29)12-19(20)25-13-26-21/h4-5,10-13,15-16H,2,6-9H2,1,3H3,(H,28,29)(H,25,26,27). The van der Waals surface area contributed by atoms with E-state index in [4.69, 9.17) is 9.47 Å². The SMILES string of the molecule is C=S(C)(=O)Nc1cc(F)c2c(Nc3cccnc3OC3CCC(OC)CC3)ncnc2c1. The molecule has 0 bridgehead atoms. The summed E-state index contributed by atoms with van der Waals surface area (Å²) in [6, 6.07) is 6.43. The lowest BCUT2D eigenvalue weighted by atomic mass is 9.95. The second-order valence-corrected chi connectivity index (χ2v) is 10.1. The molecule has 0 aliphatic heterocycles. The average Bonchev–Trinajstić information content (AvgIpc) is 2.74. The molecule has 2 heterocycles. The molecule has 1 aliphatic rings. The van der Waals surface area contributed by atoms with Gasteiger partial charge in [-0.05, 0) is 55.8 Å². The van der Waals surface area contributed by atoms with E-state index in [0.29, 0.717) is 22.8 Å².